The van der Waals surface area contributed by atoms with E-state index >= 15 is 0 Å². The van der Waals surface area contributed by atoms with Crippen LogP contribution in [-0.2, 0) is 4.74 Å². The highest BCUT2D eigenvalue weighted by Gasteiger charge is 2.32. The number of carbonyl (C=O) groups is 1. The number of carbonyl (C=O) groups excluding carboxylic acids is 1. The summed E-state index contributed by atoms with van der Waals surface area (Å²) in [6, 6.07) is 6.02. The van der Waals surface area contributed by atoms with Crippen molar-refractivity contribution in [3.63, 3.8) is 0 Å². The van der Waals surface area contributed by atoms with Crippen molar-refractivity contribution in [2.24, 2.45) is 0 Å². The SMILES string of the molecule is CC[C@@H]1CN(C(=O)OC(C)(C)C)CCN1c1ccc(Br)nc1C#N. The number of amides is 1. The van der Waals surface area contributed by atoms with Gasteiger partial charge in [0.15, 0.2) is 5.69 Å². The molecule has 1 saturated heterocycles. The highest BCUT2D eigenvalue weighted by molar-refractivity contribution is 9.10. The molecule has 0 aromatic carbocycles. The molecule has 1 fully saturated rings. The number of aromatic nitrogens is 1. The standard InChI is InChI=1S/C17H23BrN4O2/c1-5-12-11-21(16(23)24-17(2,3)4)8-9-22(12)14-6-7-15(18)20-13(14)10-19/h6-7,12H,5,8-9,11H2,1-4H3/t12-/m1/s1. The molecule has 1 aliphatic rings. The number of nitrogens with zero attached hydrogens (tertiary/aromatic N) is 4. The van der Waals surface area contributed by atoms with Gasteiger partial charge in [0.25, 0.3) is 0 Å². The molecule has 130 valence electrons. The molecule has 2 rings (SSSR count). The van der Waals surface area contributed by atoms with Gasteiger partial charge in [-0.3, -0.25) is 0 Å². The molecule has 6 nitrogen and oxygen atoms in total. The van der Waals surface area contributed by atoms with Gasteiger partial charge < -0.3 is 14.5 Å². The Kier molecular flexibility index (Phi) is 5.70. The molecule has 0 N–H and O–H groups in total. The van der Waals surface area contributed by atoms with Gasteiger partial charge in [-0.1, -0.05) is 6.92 Å². The average Bonchev–Trinajstić information content (AvgIpc) is 2.52. The minimum absolute atomic E-state index is 0.126. The van der Waals surface area contributed by atoms with Crippen LogP contribution in [0.2, 0.25) is 0 Å². The van der Waals surface area contributed by atoms with E-state index in [0.29, 0.717) is 29.9 Å². The zero-order valence-corrected chi connectivity index (χ0v) is 16.1. The maximum absolute atomic E-state index is 12.3. The van der Waals surface area contributed by atoms with Crippen LogP contribution in [0.25, 0.3) is 0 Å². The van der Waals surface area contributed by atoms with Gasteiger partial charge in [-0.05, 0) is 55.3 Å². The van der Waals surface area contributed by atoms with Crippen LogP contribution in [0.3, 0.4) is 0 Å². The number of pyridine rings is 1. The number of hydrogen-bond donors (Lipinski definition) is 0. The number of nitriles is 1. The third-order valence-electron chi connectivity index (χ3n) is 3.86. The number of hydrogen-bond acceptors (Lipinski definition) is 5. The summed E-state index contributed by atoms with van der Waals surface area (Å²) < 4.78 is 6.11. The molecule has 1 amide bonds. The second-order valence-electron chi connectivity index (χ2n) is 6.80. The highest BCUT2D eigenvalue weighted by atomic mass is 79.9. The minimum Gasteiger partial charge on any atom is -0.444 e. The Bertz CT molecular complexity index is 651. The van der Waals surface area contributed by atoms with Crippen molar-refractivity contribution in [2.75, 3.05) is 24.5 Å². The lowest BCUT2D eigenvalue weighted by atomic mass is 10.1. The Labute approximate surface area is 151 Å². The summed E-state index contributed by atoms with van der Waals surface area (Å²) >= 11 is 3.30. The second-order valence-corrected chi connectivity index (χ2v) is 7.61. The van der Waals surface area contributed by atoms with Gasteiger partial charge in [-0.15, -0.1) is 0 Å². The quantitative estimate of drug-likeness (QED) is 0.717. The summed E-state index contributed by atoms with van der Waals surface area (Å²) in [6.45, 7) is 9.46. The maximum atomic E-state index is 12.3. The first-order chi connectivity index (χ1) is 11.2. The van der Waals surface area contributed by atoms with E-state index in [-0.39, 0.29) is 12.1 Å². The van der Waals surface area contributed by atoms with Gasteiger partial charge in [0.05, 0.1) is 5.69 Å². The molecule has 0 aliphatic carbocycles. The molecule has 1 aromatic rings. The van der Waals surface area contributed by atoms with Gasteiger partial charge in [-0.25, -0.2) is 9.78 Å². The van der Waals surface area contributed by atoms with Crippen LogP contribution < -0.4 is 4.90 Å². The average molecular weight is 395 g/mol. The molecular formula is C17H23BrN4O2. The number of halogens is 1. The fourth-order valence-electron chi connectivity index (χ4n) is 2.76. The molecule has 7 heteroatoms. The van der Waals surface area contributed by atoms with Crippen molar-refractivity contribution >= 4 is 27.7 Å². The summed E-state index contributed by atoms with van der Waals surface area (Å²) in [5.41, 5.74) is 0.712. The van der Waals surface area contributed by atoms with Crippen LogP contribution in [0, 0.1) is 11.3 Å². The molecule has 1 aliphatic heterocycles. The molecular weight excluding hydrogens is 372 g/mol. The zero-order valence-electron chi connectivity index (χ0n) is 14.5. The van der Waals surface area contributed by atoms with E-state index in [0.717, 1.165) is 12.1 Å². The van der Waals surface area contributed by atoms with Crippen LogP contribution in [0.15, 0.2) is 16.7 Å². The van der Waals surface area contributed by atoms with Gasteiger partial charge in [0, 0.05) is 25.7 Å². The molecule has 2 heterocycles. The van der Waals surface area contributed by atoms with Crippen molar-refractivity contribution in [2.45, 2.75) is 45.8 Å². The van der Waals surface area contributed by atoms with E-state index in [4.69, 9.17) is 4.74 Å². The molecule has 24 heavy (non-hydrogen) atoms. The maximum Gasteiger partial charge on any atom is 0.410 e. The van der Waals surface area contributed by atoms with Gasteiger partial charge >= 0.3 is 6.09 Å². The van der Waals surface area contributed by atoms with Crippen LogP contribution in [0.1, 0.15) is 39.8 Å². The van der Waals surface area contributed by atoms with Crippen LogP contribution >= 0.6 is 15.9 Å². The molecule has 0 unspecified atom stereocenters. The van der Waals surface area contributed by atoms with Crippen molar-refractivity contribution in [1.29, 1.82) is 5.26 Å². The van der Waals surface area contributed by atoms with E-state index in [1.165, 1.54) is 0 Å². The number of rotatable bonds is 2. The smallest absolute Gasteiger partial charge is 0.410 e. The molecule has 1 atom stereocenters. The third-order valence-corrected chi connectivity index (χ3v) is 4.30. The Hall–Kier alpha value is -1.81. The summed E-state index contributed by atoms with van der Waals surface area (Å²) in [5, 5.41) is 9.36. The fourth-order valence-corrected chi connectivity index (χ4v) is 3.07. The molecule has 0 radical (unpaired) electrons. The van der Waals surface area contributed by atoms with E-state index in [1.807, 2.05) is 32.9 Å². The molecule has 0 saturated carbocycles. The highest BCUT2D eigenvalue weighted by Crippen LogP contribution is 2.27. The van der Waals surface area contributed by atoms with Gasteiger partial charge in [0.1, 0.15) is 16.3 Å². The summed E-state index contributed by atoms with van der Waals surface area (Å²) in [5.74, 6) is 0. The van der Waals surface area contributed by atoms with Crippen LogP contribution in [0.5, 0.6) is 0 Å². The number of piperazine rings is 1. The Morgan fingerprint density at radius 1 is 1.46 bits per heavy atom. The van der Waals surface area contributed by atoms with E-state index in [1.54, 1.807) is 4.90 Å². The van der Waals surface area contributed by atoms with E-state index < -0.39 is 5.60 Å². The predicted octanol–water partition coefficient (Wildman–Crippen LogP) is 3.55. The van der Waals surface area contributed by atoms with Gasteiger partial charge in [-0.2, -0.15) is 5.26 Å². The van der Waals surface area contributed by atoms with Crippen LogP contribution in [0.4, 0.5) is 10.5 Å². The molecule has 0 spiro atoms. The predicted molar refractivity (Wildman–Crippen MR) is 95.9 cm³/mol. The number of anilines is 1. The fraction of sp³-hybridized carbons (Fsp3) is 0.588. The normalized spacial score (nSPS) is 18.2. The van der Waals surface area contributed by atoms with Crippen molar-refractivity contribution in [3.8, 4) is 6.07 Å². The minimum atomic E-state index is -0.500. The summed E-state index contributed by atoms with van der Waals surface area (Å²) in [7, 11) is 0. The number of ether oxygens (including phenoxy) is 1. The van der Waals surface area contributed by atoms with Crippen molar-refractivity contribution < 1.29 is 9.53 Å². The van der Waals surface area contributed by atoms with E-state index in [2.05, 4.69) is 38.8 Å². The first-order valence-electron chi connectivity index (χ1n) is 8.06. The largest absolute Gasteiger partial charge is 0.444 e. The lowest BCUT2D eigenvalue weighted by Crippen LogP contribution is -2.55. The Morgan fingerprint density at radius 2 is 2.17 bits per heavy atom. The van der Waals surface area contributed by atoms with Crippen molar-refractivity contribution in [1.82, 2.24) is 9.88 Å². The molecule has 0 bridgehead atoms. The summed E-state index contributed by atoms with van der Waals surface area (Å²) in [4.78, 5) is 20.5. The van der Waals surface area contributed by atoms with E-state index in [9.17, 15) is 10.1 Å². The van der Waals surface area contributed by atoms with Crippen molar-refractivity contribution in [3.05, 3.63) is 22.4 Å². The van der Waals surface area contributed by atoms with Crippen LogP contribution in [-0.4, -0.2) is 47.3 Å². The first kappa shape index (κ1) is 18.5. The zero-order chi connectivity index (χ0) is 17.9. The lowest BCUT2D eigenvalue weighted by molar-refractivity contribution is 0.0213. The third kappa shape index (κ3) is 4.38. The lowest BCUT2D eigenvalue weighted by Gasteiger charge is -2.42. The monoisotopic (exact) mass is 394 g/mol. The van der Waals surface area contributed by atoms with Gasteiger partial charge in [0.2, 0.25) is 0 Å². The second kappa shape index (κ2) is 7.39. The molecule has 1 aromatic heterocycles. The Balaban J connectivity index is 2.17. The summed E-state index contributed by atoms with van der Waals surface area (Å²) in [6.07, 6.45) is 0.579. The topological polar surface area (TPSA) is 69.5 Å². The Morgan fingerprint density at radius 3 is 2.75 bits per heavy atom. The first-order valence-corrected chi connectivity index (χ1v) is 8.85.